The zero-order valence-electron chi connectivity index (χ0n) is 20.9. The lowest BCUT2D eigenvalue weighted by molar-refractivity contribution is 1.19. The molecule has 4 aromatic carbocycles. The predicted octanol–water partition coefficient (Wildman–Crippen LogP) is 7.98. The van der Waals surface area contributed by atoms with E-state index >= 15 is 0 Å². The number of nitrogens with zero attached hydrogens (tertiary/aromatic N) is 5. The van der Waals surface area contributed by atoms with Crippen LogP contribution in [0.15, 0.2) is 128 Å². The molecule has 4 heterocycles. The summed E-state index contributed by atoms with van der Waals surface area (Å²) in [5.74, 6) is 0.689. The smallest absolute Gasteiger partial charge is 0.165 e. The van der Waals surface area contributed by atoms with E-state index in [1.165, 1.54) is 0 Å². The van der Waals surface area contributed by atoms with Gasteiger partial charge in [0.2, 0.25) is 0 Å². The molecule has 0 saturated carbocycles. The fraction of sp³-hybridized carbons (Fsp3) is 0. The molecule has 0 spiro atoms. The van der Waals surface area contributed by atoms with Crippen LogP contribution in [0.4, 0.5) is 0 Å². The number of rotatable bonds is 3. The quantitative estimate of drug-likeness (QED) is 0.247. The molecule has 0 N–H and O–H groups in total. The van der Waals surface area contributed by atoms with Crippen molar-refractivity contribution in [2.45, 2.75) is 0 Å². The number of fused-ring (bicyclic) bond motifs is 6. The fourth-order valence-corrected chi connectivity index (χ4v) is 5.38. The molecule has 0 radical (unpaired) electrons. The highest BCUT2D eigenvalue weighted by Gasteiger charge is 2.16. The van der Waals surface area contributed by atoms with Crippen LogP contribution in [0.5, 0.6) is 0 Å². The summed E-state index contributed by atoms with van der Waals surface area (Å²) >= 11 is 0. The number of pyridine rings is 2. The first-order chi connectivity index (χ1) is 19.3. The molecule has 5 nitrogen and oxygen atoms in total. The molecule has 0 amide bonds. The highest BCUT2D eigenvalue weighted by atomic mass is 15.1. The summed E-state index contributed by atoms with van der Waals surface area (Å²) in [5.41, 5.74) is 8.41. The second-order valence-electron chi connectivity index (χ2n) is 9.58. The second kappa shape index (κ2) is 8.57. The van der Waals surface area contributed by atoms with Crippen molar-refractivity contribution in [1.29, 1.82) is 0 Å². The van der Waals surface area contributed by atoms with Gasteiger partial charge in [0.05, 0.1) is 16.9 Å². The summed E-state index contributed by atoms with van der Waals surface area (Å²) in [4.78, 5) is 20.1. The van der Waals surface area contributed by atoms with Crippen molar-refractivity contribution < 1.29 is 0 Å². The summed E-state index contributed by atoms with van der Waals surface area (Å²) in [6.45, 7) is 0. The second-order valence-corrected chi connectivity index (χ2v) is 9.58. The third kappa shape index (κ3) is 3.48. The van der Waals surface area contributed by atoms with Crippen LogP contribution in [0.25, 0.3) is 72.4 Å². The molecule has 0 saturated heterocycles. The van der Waals surface area contributed by atoms with Gasteiger partial charge in [0.15, 0.2) is 11.5 Å². The maximum Gasteiger partial charge on any atom is 0.165 e. The van der Waals surface area contributed by atoms with Crippen LogP contribution in [0.1, 0.15) is 0 Å². The molecule has 39 heavy (non-hydrogen) atoms. The third-order valence-corrected chi connectivity index (χ3v) is 7.20. The minimum Gasteiger partial charge on any atom is -0.284 e. The van der Waals surface area contributed by atoms with Crippen LogP contribution >= 0.6 is 0 Å². The van der Waals surface area contributed by atoms with Crippen LogP contribution in [0.3, 0.4) is 0 Å². The molecule has 5 heteroatoms. The molecule has 0 bridgehead atoms. The van der Waals surface area contributed by atoms with Crippen LogP contribution in [0, 0.1) is 0 Å². The van der Waals surface area contributed by atoms with Crippen LogP contribution in [0.2, 0.25) is 0 Å². The van der Waals surface area contributed by atoms with E-state index in [1.807, 2.05) is 65.2 Å². The van der Waals surface area contributed by atoms with Crippen molar-refractivity contribution in [3.05, 3.63) is 128 Å². The van der Waals surface area contributed by atoms with E-state index in [0.717, 1.165) is 66.6 Å². The van der Waals surface area contributed by atoms with Gasteiger partial charge in [0.25, 0.3) is 0 Å². The van der Waals surface area contributed by atoms with Gasteiger partial charge < -0.3 is 0 Å². The first-order valence-electron chi connectivity index (χ1n) is 12.9. The van der Waals surface area contributed by atoms with Crippen LogP contribution in [-0.4, -0.2) is 24.3 Å². The maximum absolute atomic E-state index is 5.17. The van der Waals surface area contributed by atoms with Crippen molar-refractivity contribution >= 4 is 38.5 Å². The number of para-hydroxylation sites is 1. The normalized spacial score (nSPS) is 11.6. The van der Waals surface area contributed by atoms with Crippen LogP contribution < -0.4 is 0 Å². The molecule has 0 aliphatic rings. The zero-order valence-corrected chi connectivity index (χ0v) is 20.9. The molecule has 182 valence electrons. The van der Waals surface area contributed by atoms with Crippen LogP contribution in [-0.2, 0) is 0 Å². The minimum absolute atomic E-state index is 0.689. The molecule has 8 aromatic rings. The van der Waals surface area contributed by atoms with E-state index in [4.69, 9.17) is 19.9 Å². The Morgan fingerprint density at radius 1 is 0.462 bits per heavy atom. The number of aromatic nitrogens is 5. The lowest BCUT2D eigenvalue weighted by atomic mass is 10.0. The van der Waals surface area contributed by atoms with Gasteiger partial charge in [-0.15, -0.1) is 0 Å². The largest absolute Gasteiger partial charge is 0.284 e. The summed E-state index contributed by atoms with van der Waals surface area (Å²) in [7, 11) is 0. The van der Waals surface area contributed by atoms with E-state index in [-0.39, 0.29) is 0 Å². The Balaban J connectivity index is 1.36. The number of imidazole rings is 1. The highest BCUT2D eigenvalue weighted by molar-refractivity contribution is 6.09. The van der Waals surface area contributed by atoms with Crippen molar-refractivity contribution in [2.24, 2.45) is 0 Å². The zero-order chi connectivity index (χ0) is 25.8. The summed E-state index contributed by atoms with van der Waals surface area (Å²) in [5, 5.41) is 3.18. The van der Waals surface area contributed by atoms with Gasteiger partial charge in [-0.1, -0.05) is 97.1 Å². The lowest BCUT2D eigenvalue weighted by Gasteiger charge is -2.11. The van der Waals surface area contributed by atoms with E-state index < -0.39 is 0 Å². The average molecular weight is 500 g/mol. The Morgan fingerprint density at radius 3 is 2.05 bits per heavy atom. The monoisotopic (exact) mass is 499 g/mol. The Morgan fingerprint density at radius 2 is 1.15 bits per heavy atom. The molecular weight excluding hydrogens is 478 g/mol. The highest BCUT2D eigenvalue weighted by Crippen LogP contribution is 2.35. The van der Waals surface area contributed by atoms with E-state index in [9.17, 15) is 0 Å². The molecular formula is C34H21N5. The van der Waals surface area contributed by atoms with Crippen molar-refractivity contribution in [3.63, 3.8) is 0 Å². The van der Waals surface area contributed by atoms with Gasteiger partial charge in [0.1, 0.15) is 11.2 Å². The van der Waals surface area contributed by atoms with Crippen molar-refractivity contribution in [3.8, 4) is 33.9 Å². The lowest BCUT2D eigenvalue weighted by Crippen LogP contribution is -1.96. The van der Waals surface area contributed by atoms with E-state index in [1.54, 1.807) is 0 Å². The number of hydrogen-bond acceptors (Lipinski definition) is 4. The average Bonchev–Trinajstić information content (AvgIpc) is 3.39. The summed E-state index contributed by atoms with van der Waals surface area (Å²) < 4.78 is 2.05. The SMILES string of the molecule is c1ccc(-c2nc(-c3cccc(-c4nc5c(nc6ccccn65)c5ccccc45)c3)nc3ccccc23)cc1. The third-order valence-electron chi connectivity index (χ3n) is 7.20. The molecule has 0 aliphatic heterocycles. The van der Waals surface area contributed by atoms with Gasteiger partial charge in [-0.2, -0.15) is 0 Å². The van der Waals surface area contributed by atoms with Crippen molar-refractivity contribution in [1.82, 2.24) is 24.3 Å². The maximum atomic E-state index is 5.17. The molecule has 0 unspecified atom stereocenters. The van der Waals surface area contributed by atoms with E-state index in [2.05, 4.69) is 66.7 Å². The van der Waals surface area contributed by atoms with Gasteiger partial charge in [0, 0.05) is 39.0 Å². The first-order valence-corrected chi connectivity index (χ1v) is 12.9. The number of hydrogen-bond donors (Lipinski definition) is 0. The Labute approximate surface area is 224 Å². The molecule has 8 rings (SSSR count). The topological polar surface area (TPSA) is 56.0 Å². The molecule has 0 fully saturated rings. The number of benzene rings is 4. The molecule has 0 aliphatic carbocycles. The summed E-state index contributed by atoms with van der Waals surface area (Å²) in [6.07, 6.45) is 2.01. The van der Waals surface area contributed by atoms with Gasteiger partial charge in [-0.25, -0.2) is 19.9 Å². The Kier molecular flexibility index (Phi) is 4.76. The van der Waals surface area contributed by atoms with Gasteiger partial charge >= 0.3 is 0 Å². The first kappa shape index (κ1) is 21.6. The Hall–Kier alpha value is -5.42. The van der Waals surface area contributed by atoms with E-state index in [0.29, 0.717) is 5.82 Å². The predicted molar refractivity (Wildman–Crippen MR) is 157 cm³/mol. The van der Waals surface area contributed by atoms with Crippen molar-refractivity contribution in [2.75, 3.05) is 0 Å². The minimum atomic E-state index is 0.689. The summed E-state index contributed by atoms with van der Waals surface area (Å²) in [6, 6.07) is 41.2. The van der Waals surface area contributed by atoms with Gasteiger partial charge in [-0.3, -0.25) is 4.40 Å². The fourth-order valence-electron chi connectivity index (χ4n) is 5.38. The molecule has 4 aromatic heterocycles. The van der Waals surface area contributed by atoms with Gasteiger partial charge in [-0.05, 0) is 24.3 Å². The Bertz CT molecular complexity index is 2180. The molecule has 0 atom stereocenters. The standard InChI is InChI=1S/C34H21N5/c1-2-11-22(12-3-1)30-27-17-6-7-18-28(27)35-33(37-30)24-14-10-13-23(21-24)31-25-15-4-5-16-26(25)32-34(38-31)39-20-9-8-19-29(39)36-32/h1-21H.